The maximum atomic E-state index is 9.04. The molecular formula is C15H20N2O2. The van der Waals surface area contributed by atoms with Gasteiger partial charge < -0.3 is 19.7 Å². The monoisotopic (exact) mass is 260 g/mol. The van der Waals surface area contributed by atoms with E-state index in [4.69, 9.17) is 9.84 Å². The third-order valence-corrected chi connectivity index (χ3v) is 2.91. The van der Waals surface area contributed by atoms with E-state index in [1.165, 1.54) is 0 Å². The zero-order valence-electron chi connectivity index (χ0n) is 11.2. The lowest BCUT2D eigenvalue weighted by Gasteiger charge is -2.07. The highest BCUT2D eigenvalue weighted by atomic mass is 16.5. The molecule has 1 heterocycles. The van der Waals surface area contributed by atoms with Gasteiger partial charge in [0.15, 0.2) is 0 Å². The zero-order valence-corrected chi connectivity index (χ0v) is 11.2. The number of nitrogens with zero attached hydrogens (tertiary/aromatic N) is 1. The molecular weight excluding hydrogens is 240 g/mol. The fourth-order valence-corrected chi connectivity index (χ4v) is 1.85. The molecule has 102 valence electrons. The molecule has 0 aliphatic carbocycles. The summed E-state index contributed by atoms with van der Waals surface area (Å²) in [5, 5.41) is 12.1. The Morgan fingerprint density at radius 3 is 2.63 bits per heavy atom. The maximum absolute atomic E-state index is 9.04. The largest absolute Gasteiger partial charge is 0.494 e. The number of hydrogen-bond acceptors (Lipinski definition) is 3. The first-order chi connectivity index (χ1) is 9.33. The normalized spacial score (nSPS) is 10.6. The highest BCUT2D eigenvalue weighted by molar-refractivity contribution is 5.38. The first-order valence-electron chi connectivity index (χ1n) is 6.49. The third-order valence-electron chi connectivity index (χ3n) is 2.91. The average Bonchev–Trinajstić information content (AvgIpc) is 2.93. The number of rotatable bonds is 7. The van der Waals surface area contributed by atoms with Crippen LogP contribution < -0.4 is 10.1 Å². The van der Waals surface area contributed by atoms with Gasteiger partial charge in [-0.25, -0.2) is 0 Å². The van der Waals surface area contributed by atoms with Gasteiger partial charge in [-0.05, 0) is 55.9 Å². The quantitative estimate of drug-likeness (QED) is 0.748. The van der Waals surface area contributed by atoms with Crippen molar-refractivity contribution in [1.29, 1.82) is 0 Å². The Bertz CT molecular complexity index is 491. The number of benzene rings is 1. The van der Waals surface area contributed by atoms with E-state index in [2.05, 4.69) is 5.32 Å². The van der Waals surface area contributed by atoms with Gasteiger partial charge in [-0.1, -0.05) is 0 Å². The highest BCUT2D eigenvalue weighted by Crippen LogP contribution is 2.16. The summed E-state index contributed by atoms with van der Waals surface area (Å²) in [6.45, 7) is 1.75. The van der Waals surface area contributed by atoms with Crippen LogP contribution in [0.25, 0.3) is 5.69 Å². The predicted octanol–water partition coefficient (Wildman–Crippen LogP) is 1.96. The molecule has 0 saturated carbocycles. The molecule has 0 bridgehead atoms. The minimum absolute atomic E-state index is 0.0691. The van der Waals surface area contributed by atoms with Gasteiger partial charge >= 0.3 is 0 Å². The second-order valence-corrected chi connectivity index (χ2v) is 4.38. The number of aliphatic hydroxyl groups excluding tert-OH is 1. The second kappa shape index (κ2) is 6.97. The van der Waals surface area contributed by atoms with Gasteiger partial charge in [0.1, 0.15) is 5.75 Å². The van der Waals surface area contributed by atoms with Crippen molar-refractivity contribution in [2.24, 2.45) is 0 Å². The van der Waals surface area contributed by atoms with E-state index >= 15 is 0 Å². The van der Waals surface area contributed by atoms with Gasteiger partial charge in [0.25, 0.3) is 0 Å². The molecule has 0 aliphatic rings. The predicted molar refractivity (Wildman–Crippen MR) is 75.7 cm³/mol. The second-order valence-electron chi connectivity index (χ2n) is 4.38. The molecule has 0 aliphatic heterocycles. The fourth-order valence-electron chi connectivity index (χ4n) is 1.85. The topological polar surface area (TPSA) is 46.4 Å². The van der Waals surface area contributed by atoms with Crippen LogP contribution in [0.4, 0.5) is 0 Å². The average molecular weight is 260 g/mol. The van der Waals surface area contributed by atoms with Gasteiger partial charge in [0.2, 0.25) is 0 Å². The van der Waals surface area contributed by atoms with Crippen LogP contribution in [0.1, 0.15) is 12.0 Å². The van der Waals surface area contributed by atoms with E-state index in [0.29, 0.717) is 0 Å². The Morgan fingerprint density at radius 1 is 1.21 bits per heavy atom. The Hall–Kier alpha value is -1.78. The van der Waals surface area contributed by atoms with Gasteiger partial charge in [0, 0.05) is 18.1 Å². The fraction of sp³-hybridized carbons (Fsp3) is 0.333. The lowest BCUT2D eigenvalue weighted by atomic mass is 10.3. The molecule has 0 spiro atoms. The standard InChI is InChI=1S/C15H20N2O2/c1-16-8-2-10-19-15-5-3-14(4-6-15)17-9-7-13(11-17)12-18/h3-7,9,11,16,18H,2,8,10,12H2,1H3. The van der Waals surface area contributed by atoms with Crippen molar-refractivity contribution >= 4 is 0 Å². The van der Waals surface area contributed by atoms with Crippen LogP contribution in [0.15, 0.2) is 42.7 Å². The molecule has 0 atom stereocenters. The minimum atomic E-state index is 0.0691. The van der Waals surface area contributed by atoms with Crippen LogP contribution in [-0.4, -0.2) is 29.9 Å². The Morgan fingerprint density at radius 2 is 2.00 bits per heavy atom. The molecule has 0 saturated heterocycles. The summed E-state index contributed by atoms with van der Waals surface area (Å²) in [7, 11) is 1.94. The first kappa shape index (κ1) is 13.6. The summed E-state index contributed by atoms with van der Waals surface area (Å²) < 4.78 is 7.62. The molecule has 4 heteroatoms. The van der Waals surface area contributed by atoms with Crippen molar-refractivity contribution in [2.75, 3.05) is 20.2 Å². The van der Waals surface area contributed by atoms with Crippen molar-refractivity contribution in [3.05, 3.63) is 48.3 Å². The number of nitrogens with one attached hydrogen (secondary N) is 1. The minimum Gasteiger partial charge on any atom is -0.494 e. The van der Waals surface area contributed by atoms with E-state index < -0.39 is 0 Å². The van der Waals surface area contributed by atoms with Crippen LogP contribution in [0.2, 0.25) is 0 Å². The van der Waals surface area contributed by atoms with Crippen LogP contribution in [0.3, 0.4) is 0 Å². The number of hydrogen-bond donors (Lipinski definition) is 2. The Balaban J connectivity index is 1.94. The summed E-state index contributed by atoms with van der Waals surface area (Å²) in [4.78, 5) is 0. The van der Waals surface area contributed by atoms with Crippen LogP contribution in [0, 0.1) is 0 Å². The zero-order chi connectivity index (χ0) is 13.5. The molecule has 1 aromatic heterocycles. The van der Waals surface area contributed by atoms with E-state index in [0.717, 1.165) is 36.6 Å². The van der Waals surface area contributed by atoms with Crippen molar-refractivity contribution in [2.45, 2.75) is 13.0 Å². The molecule has 0 unspecified atom stereocenters. The van der Waals surface area contributed by atoms with Gasteiger partial charge in [-0.3, -0.25) is 0 Å². The molecule has 2 rings (SSSR count). The molecule has 4 nitrogen and oxygen atoms in total. The van der Waals surface area contributed by atoms with Crippen molar-refractivity contribution in [3.8, 4) is 11.4 Å². The summed E-state index contributed by atoms with van der Waals surface area (Å²) in [6.07, 6.45) is 4.85. The summed E-state index contributed by atoms with van der Waals surface area (Å²) in [5.74, 6) is 0.884. The summed E-state index contributed by atoms with van der Waals surface area (Å²) in [5.41, 5.74) is 1.97. The SMILES string of the molecule is CNCCCOc1ccc(-n2ccc(CO)c2)cc1. The summed E-state index contributed by atoms with van der Waals surface area (Å²) in [6, 6.07) is 9.85. The Kier molecular flexibility index (Phi) is 5.01. The van der Waals surface area contributed by atoms with Crippen molar-refractivity contribution < 1.29 is 9.84 Å². The molecule has 19 heavy (non-hydrogen) atoms. The molecule has 0 radical (unpaired) electrons. The lowest BCUT2D eigenvalue weighted by Crippen LogP contribution is -2.11. The number of aromatic nitrogens is 1. The molecule has 0 fully saturated rings. The molecule has 1 aromatic carbocycles. The van der Waals surface area contributed by atoms with E-state index in [1.54, 1.807) is 0 Å². The van der Waals surface area contributed by atoms with Gasteiger partial charge in [0.05, 0.1) is 13.2 Å². The smallest absolute Gasteiger partial charge is 0.119 e. The number of aliphatic hydroxyl groups is 1. The molecule has 2 aromatic rings. The maximum Gasteiger partial charge on any atom is 0.119 e. The van der Waals surface area contributed by atoms with Crippen LogP contribution >= 0.6 is 0 Å². The lowest BCUT2D eigenvalue weighted by molar-refractivity contribution is 0.282. The van der Waals surface area contributed by atoms with Gasteiger partial charge in [-0.2, -0.15) is 0 Å². The van der Waals surface area contributed by atoms with Gasteiger partial charge in [-0.15, -0.1) is 0 Å². The van der Waals surface area contributed by atoms with Crippen LogP contribution in [0.5, 0.6) is 5.75 Å². The van der Waals surface area contributed by atoms with Crippen molar-refractivity contribution in [1.82, 2.24) is 9.88 Å². The first-order valence-corrected chi connectivity index (χ1v) is 6.49. The van der Waals surface area contributed by atoms with E-state index in [-0.39, 0.29) is 6.61 Å². The highest BCUT2D eigenvalue weighted by Gasteiger charge is 1.99. The third kappa shape index (κ3) is 3.84. The van der Waals surface area contributed by atoms with Crippen molar-refractivity contribution in [3.63, 3.8) is 0 Å². The molecule has 2 N–H and O–H groups in total. The van der Waals surface area contributed by atoms with E-state index in [9.17, 15) is 0 Å². The molecule has 0 amide bonds. The summed E-state index contributed by atoms with van der Waals surface area (Å²) >= 11 is 0. The van der Waals surface area contributed by atoms with Crippen LogP contribution in [-0.2, 0) is 6.61 Å². The Labute approximate surface area is 113 Å². The van der Waals surface area contributed by atoms with E-state index in [1.807, 2.05) is 54.3 Å². The number of ether oxygens (including phenoxy) is 1.